The highest BCUT2D eigenvalue weighted by atomic mass is 32.1. The van der Waals surface area contributed by atoms with Crippen molar-refractivity contribution in [3.63, 3.8) is 0 Å². The molecule has 122 valence electrons. The third kappa shape index (κ3) is 3.81. The van der Waals surface area contributed by atoms with Gasteiger partial charge in [0.05, 0.1) is 12.1 Å². The molecule has 0 saturated heterocycles. The molecule has 0 spiro atoms. The molecule has 0 atom stereocenters. The Kier molecular flexibility index (Phi) is 4.91. The second-order valence-corrected chi connectivity index (χ2v) is 6.49. The van der Waals surface area contributed by atoms with E-state index < -0.39 is 5.97 Å². The fourth-order valence-electron chi connectivity index (χ4n) is 2.43. The lowest BCUT2D eigenvalue weighted by Gasteiger charge is -2.03. The lowest BCUT2D eigenvalue weighted by molar-refractivity contribution is -0.136. The zero-order chi connectivity index (χ0) is 16.9. The van der Waals surface area contributed by atoms with Crippen LogP contribution in [0, 0.1) is 0 Å². The Morgan fingerprint density at radius 2 is 1.83 bits per heavy atom. The maximum absolute atomic E-state index is 11.1. The fraction of sp³-hybridized carbons (Fsp3) is 0.158. The van der Waals surface area contributed by atoms with Gasteiger partial charge in [-0.25, -0.2) is 4.98 Å². The van der Waals surface area contributed by atoms with Crippen molar-refractivity contribution in [2.75, 3.05) is 5.32 Å². The van der Waals surface area contributed by atoms with Crippen LogP contribution in [0.3, 0.4) is 0 Å². The van der Waals surface area contributed by atoms with Gasteiger partial charge in [-0.15, -0.1) is 11.3 Å². The van der Waals surface area contributed by atoms with Gasteiger partial charge < -0.3 is 10.4 Å². The van der Waals surface area contributed by atoms with Gasteiger partial charge in [-0.05, 0) is 24.1 Å². The summed E-state index contributed by atoms with van der Waals surface area (Å²) < 4.78 is 0. The van der Waals surface area contributed by atoms with Gasteiger partial charge in [0.15, 0.2) is 5.13 Å². The normalized spacial score (nSPS) is 10.5. The van der Waals surface area contributed by atoms with E-state index in [-0.39, 0.29) is 6.42 Å². The number of aryl methyl sites for hydroxylation is 1. The van der Waals surface area contributed by atoms with E-state index in [4.69, 9.17) is 5.11 Å². The molecule has 1 aromatic heterocycles. The zero-order valence-corrected chi connectivity index (χ0v) is 14.1. The molecule has 5 heteroatoms. The molecule has 2 aromatic carbocycles. The standard InChI is InChI=1S/C19H18N2O2S/c1-2-13-8-10-15(11-9-13)20-19-21-18(14-6-4-3-5-7-14)16(24-19)12-17(22)23/h3-11H,2,12H2,1H3,(H,20,21)(H,22,23). The molecule has 0 amide bonds. The predicted octanol–water partition coefficient (Wildman–Crippen LogP) is 4.74. The largest absolute Gasteiger partial charge is 0.481 e. The predicted molar refractivity (Wildman–Crippen MR) is 98.0 cm³/mol. The Morgan fingerprint density at radius 1 is 1.12 bits per heavy atom. The van der Waals surface area contributed by atoms with Crippen LogP contribution in [0.25, 0.3) is 11.3 Å². The number of carboxylic acid groups (broad SMARTS) is 1. The van der Waals surface area contributed by atoms with Crippen LogP contribution in [-0.2, 0) is 17.6 Å². The maximum Gasteiger partial charge on any atom is 0.308 e. The van der Waals surface area contributed by atoms with Crippen LogP contribution in [0.15, 0.2) is 54.6 Å². The van der Waals surface area contributed by atoms with Crippen LogP contribution < -0.4 is 5.32 Å². The van der Waals surface area contributed by atoms with Crippen molar-refractivity contribution < 1.29 is 9.90 Å². The van der Waals surface area contributed by atoms with E-state index in [0.29, 0.717) is 5.13 Å². The minimum absolute atomic E-state index is 0.0294. The van der Waals surface area contributed by atoms with Gasteiger partial charge in [0.1, 0.15) is 0 Å². The molecule has 0 aliphatic carbocycles. The third-order valence-corrected chi connectivity index (χ3v) is 4.64. The molecule has 3 aromatic rings. The number of benzene rings is 2. The van der Waals surface area contributed by atoms with Gasteiger partial charge in [0.25, 0.3) is 0 Å². The third-order valence-electron chi connectivity index (χ3n) is 3.67. The van der Waals surface area contributed by atoms with Crippen LogP contribution >= 0.6 is 11.3 Å². The van der Waals surface area contributed by atoms with E-state index in [1.54, 1.807) is 0 Å². The molecule has 0 radical (unpaired) electrons. The van der Waals surface area contributed by atoms with Crippen LogP contribution in [-0.4, -0.2) is 16.1 Å². The van der Waals surface area contributed by atoms with Gasteiger partial charge >= 0.3 is 5.97 Å². The highest BCUT2D eigenvalue weighted by Gasteiger charge is 2.15. The summed E-state index contributed by atoms with van der Waals surface area (Å²) >= 11 is 1.38. The Balaban J connectivity index is 1.90. The second-order valence-electron chi connectivity index (χ2n) is 5.40. The van der Waals surface area contributed by atoms with Gasteiger partial charge in [-0.2, -0.15) is 0 Å². The second kappa shape index (κ2) is 7.27. The molecular formula is C19H18N2O2S. The zero-order valence-electron chi connectivity index (χ0n) is 13.3. The van der Waals surface area contributed by atoms with Gasteiger partial charge in [-0.1, -0.05) is 49.4 Å². The summed E-state index contributed by atoms with van der Waals surface area (Å²) in [4.78, 5) is 16.5. The number of anilines is 2. The Labute approximate surface area is 144 Å². The topological polar surface area (TPSA) is 62.2 Å². The van der Waals surface area contributed by atoms with Crippen molar-refractivity contribution in [1.82, 2.24) is 4.98 Å². The van der Waals surface area contributed by atoms with Gasteiger partial charge in [-0.3, -0.25) is 4.79 Å². The molecule has 0 saturated carbocycles. The maximum atomic E-state index is 11.1. The number of aliphatic carboxylic acids is 1. The summed E-state index contributed by atoms with van der Waals surface area (Å²) in [6, 6.07) is 17.9. The first-order valence-corrected chi connectivity index (χ1v) is 8.60. The Hall–Kier alpha value is -2.66. The van der Waals surface area contributed by atoms with Crippen LogP contribution in [0.2, 0.25) is 0 Å². The molecular weight excluding hydrogens is 320 g/mol. The highest BCUT2D eigenvalue weighted by Crippen LogP contribution is 2.33. The van der Waals surface area contributed by atoms with Crippen molar-refractivity contribution in [2.45, 2.75) is 19.8 Å². The van der Waals surface area contributed by atoms with E-state index in [1.807, 2.05) is 42.5 Å². The molecule has 0 bridgehead atoms. The summed E-state index contributed by atoms with van der Waals surface area (Å²) in [6.07, 6.45) is 0.969. The number of rotatable bonds is 6. The number of hydrogen-bond acceptors (Lipinski definition) is 4. The van der Waals surface area contributed by atoms with E-state index in [0.717, 1.165) is 28.2 Å². The first kappa shape index (κ1) is 16.2. The lowest BCUT2D eigenvalue weighted by Crippen LogP contribution is -1.99. The number of hydrogen-bond donors (Lipinski definition) is 2. The lowest BCUT2D eigenvalue weighted by atomic mass is 10.1. The molecule has 1 heterocycles. The number of carbonyl (C=O) groups is 1. The smallest absolute Gasteiger partial charge is 0.308 e. The van der Waals surface area contributed by atoms with Crippen molar-refractivity contribution in [3.05, 3.63) is 65.0 Å². The molecule has 4 nitrogen and oxygen atoms in total. The molecule has 2 N–H and O–H groups in total. The number of nitrogens with zero attached hydrogens (tertiary/aromatic N) is 1. The molecule has 0 aliphatic rings. The number of carboxylic acids is 1. The van der Waals surface area contributed by atoms with E-state index in [9.17, 15) is 4.79 Å². The molecule has 3 rings (SSSR count). The summed E-state index contributed by atoms with van der Waals surface area (Å²) in [5.74, 6) is -0.852. The van der Waals surface area contributed by atoms with Crippen molar-refractivity contribution >= 4 is 28.1 Å². The first-order chi connectivity index (χ1) is 11.7. The van der Waals surface area contributed by atoms with Crippen molar-refractivity contribution in [3.8, 4) is 11.3 Å². The van der Waals surface area contributed by atoms with Crippen LogP contribution in [0.5, 0.6) is 0 Å². The van der Waals surface area contributed by atoms with E-state index >= 15 is 0 Å². The highest BCUT2D eigenvalue weighted by molar-refractivity contribution is 7.16. The summed E-state index contributed by atoms with van der Waals surface area (Å²) in [7, 11) is 0. The summed E-state index contributed by atoms with van der Waals surface area (Å²) in [5.41, 5.74) is 3.88. The quantitative estimate of drug-likeness (QED) is 0.681. The number of aromatic nitrogens is 1. The minimum atomic E-state index is -0.852. The number of nitrogens with one attached hydrogen (secondary N) is 1. The van der Waals surface area contributed by atoms with Crippen molar-refractivity contribution in [1.29, 1.82) is 0 Å². The Morgan fingerprint density at radius 3 is 2.46 bits per heavy atom. The van der Waals surface area contributed by atoms with Crippen LogP contribution in [0.1, 0.15) is 17.4 Å². The van der Waals surface area contributed by atoms with E-state index in [2.05, 4.69) is 29.4 Å². The summed E-state index contributed by atoms with van der Waals surface area (Å²) in [5, 5.41) is 13.1. The van der Waals surface area contributed by atoms with Gasteiger partial charge in [0, 0.05) is 16.1 Å². The SMILES string of the molecule is CCc1ccc(Nc2nc(-c3ccccc3)c(CC(=O)O)s2)cc1. The first-order valence-electron chi connectivity index (χ1n) is 7.78. The summed E-state index contributed by atoms with van der Waals surface area (Å²) in [6.45, 7) is 2.12. The van der Waals surface area contributed by atoms with Crippen LogP contribution in [0.4, 0.5) is 10.8 Å². The molecule has 0 fully saturated rings. The number of thiazole rings is 1. The minimum Gasteiger partial charge on any atom is -0.481 e. The fourth-order valence-corrected chi connectivity index (χ4v) is 3.43. The Bertz CT molecular complexity index is 826. The average Bonchev–Trinajstić information content (AvgIpc) is 2.98. The molecule has 24 heavy (non-hydrogen) atoms. The van der Waals surface area contributed by atoms with Gasteiger partial charge in [0.2, 0.25) is 0 Å². The monoisotopic (exact) mass is 338 g/mol. The average molecular weight is 338 g/mol. The van der Waals surface area contributed by atoms with Crippen molar-refractivity contribution in [2.24, 2.45) is 0 Å². The molecule has 0 unspecified atom stereocenters. The molecule has 0 aliphatic heterocycles. The van der Waals surface area contributed by atoms with E-state index in [1.165, 1.54) is 16.9 Å².